The van der Waals surface area contributed by atoms with E-state index in [1.807, 2.05) is 31.2 Å². The maximum atomic E-state index is 13.7. The minimum absolute atomic E-state index is 0.114. The van der Waals surface area contributed by atoms with Gasteiger partial charge in [-0.3, -0.25) is 9.78 Å². The molecule has 0 aliphatic heterocycles. The fourth-order valence-electron chi connectivity index (χ4n) is 2.36. The van der Waals surface area contributed by atoms with Crippen molar-refractivity contribution >= 4 is 17.3 Å². The normalized spacial score (nSPS) is 10.4. The number of benzene rings is 2. The van der Waals surface area contributed by atoms with Gasteiger partial charge in [-0.05, 0) is 36.8 Å². The van der Waals surface area contributed by atoms with Crippen molar-refractivity contribution in [3.05, 3.63) is 89.2 Å². The summed E-state index contributed by atoms with van der Waals surface area (Å²) in [5.41, 5.74) is 2.92. The molecule has 1 heterocycles. The zero-order chi connectivity index (χ0) is 18.5. The molecule has 1 aromatic heterocycles. The summed E-state index contributed by atoms with van der Waals surface area (Å²) in [7, 11) is 0. The van der Waals surface area contributed by atoms with Crippen LogP contribution in [0.25, 0.3) is 0 Å². The number of nitrogens with one attached hydrogen (secondary N) is 2. The van der Waals surface area contributed by atoms with E-state index < -0.39 is 11.6 Å². The Morgan fingerprint density at radius 1 is 1.04 bits per heavy atom. The third-order valence-electron chi connectivity index (χ3n) is 3.78. The molecule has 0 fully saturated rings. The molecular formula is C20H17F2N3O. The van der Waals surface area contributed by atoms with Gasteiger partial charge in [0.1, 0.15) is 17.3 Å². The molecule has 0 spiro atoms. The first-order valence-corrected chi connectivity index (χ1v) is 8.03. The predicted octanol–water partition coefficient (Wildman–Crippen LogP) is 4.34. The molecule has 0 radical (unpaired) electrons. The van der Waals surface area contributed by atoms with Gasteiger partial charge >= 0.3 is 0 Å². The van der Waals surface area contributed by atoms with Crippen LogP contribution in [0.2, 0.25) is 0 Å². The molecule has 26 heavy (non-hydrogen) atoms. The smallest absolute Gasteiger partial charge is 0.270 e. The first-order valence-electron chi connectivity index (χ1n) is 8.03. The van der Waals surface area contributed by atoms with Gasteiger partial charge in [0, 0.05) is 24.5 Å². The number of rotatable bonds is 5. The van der Waals surface area contributed by atoms with Gasteiger partial charge in [0.15, 0.2) is 0 Å². The van der Waals surface area contributed by atoms with E-state index in [1.54, 1.807) is 6.07 Å². The largest absolute Gasteiger partial charge is 0.353 e. The zero-order valence-electron chi connectivity index (χ0n) is 14.1. The lowest BCUT2D eigenvalue weighted by atomic mass is 10.1. The Kier molecular flexibility index (Phi) is 5.22. The van der Waals surface area contributed by atoms with E-state index in [4.69, 9.17) is 0 Å². The van der Waals surface area contributed by atoms with Crippen molar-refractivity contribution in [2.45, 2.75) is 13.5 Å². The van der Waals surface area contributed by atoms with E-state index in [9.17, 15) is 13.6 Å². The Morgan fingerprint density at radius 2 is 1.81 bits per heavy atom. The number of hydrogen-bond donors (Lipinski definition) is 2. The maximum Gasteiger partial charge on any atom is 0.270 e. The molecule has 0 unspecified atom stereocenters. The monoisotopic (exact) mass is 353 g/mol. The quantitative estimate of drug-likeness (QED) is 0.717. The highest BCUT2D eigenvalue weighted by Crippen LogP contribution is 2.20. The van der Waals surface area contributed by atoms with E-state index in [1.165, 1.54) is 18.3 Å². The van der Waals surface area contributed by atoms with Gasteiger partial charge in [0.05, 0.1) is 5.69 Å². The second-order valence-corrected chi connectivity index (χ2v) is 5.85. The highest BCUT2D eigenvalue weighted by Gasteiger charge is 2.09. The third-order valence-corrected chi connectivity index (χ3v) is 3.78. The molecule has 2 aromatic carbocycles. The van der Waals surface area contributed by atoms with Crippen molar-refractivity contribution < 1.29 is 13.6 Å². The summed E-state index contributed by atoms with van der Waals surface area (Å²) in [6, 6.07) is 14.2. The van der Waals surface area contributed by atoms with Gasteiger partial charge in [-0.25, -0.2) is 8.78 Å². The molecule has 0 aliphatic carbocycles. The standard InChI is InChI=1S/C20H17F2N3O/c1-13-2-4-14(5-3-13)12-24-20(26)19-11-16(8-9-23-19)25-18-7-6-15(21)10-17(18)22/h2-11H,12H2,1H3,(H,23,25)(H,24,26). The molecule has 3 aromatic rings. The molecule has 0 atom stereocenters. The summed E-state index contributed by atoms with van der Waals surface area (Å²) in [5.74, 6) is -1.71. The fraction of sp³-hybridized carbons (Fsp3) is 0.100. The van der Waals surface area contributed by atoms with Crippen LogP contribution in [0.5, 0.6) is 0 Å². The number of aryl methyl sites for hydroxylation is 1. The van der Waals surface area contributed by atoms with Crippen molar-refractivity contribution in [2.24, 2.45) is 0 Å². The van der Waals surface area contributed by atoms with E-state index >= 15 is 0 Å². The van der Waals surface area contributed by atoms with Crippen molar-refractivity contribution in [3.63, 3.8) is 0 Å². The van der Waals surface area contributed by atoms with Crippen molar-refractivity contribution in [3.8, 4) is 0 Å². The molecule has 132 valence electrons. The van der Waals surface area contributed by atoms with Crippen molar-refractivity contribution in [2.75, 3.05) is 5.32 Å². The summed E-state index contributed by atoms with van der Waals surface area (Å²) in [4.78, 5) is 16.3. The number of halogens is 2. The molecule has 6 heteroatoms. The number of amides is 1. The number of carbonyl (C=O) groups is 1. The number of hydrogen-bond acceptors (Lipinski definition) is 3. The van der Waals surface area contributed by atoms with Crippen LogP contribution in [-0.2, 0) is 6.54 Å². The van der Waals surface area contributed by atoms with Gasteiger partial charge < -0.3 is 10.6 Å². The Labute approximate surface area is 149 Å². The van der Waals surface area contributed by atoms with Crippen LogP contribution in [0.4, 0.5) is 20.2 Å². The van der Waals surface area contributed by atoms with Gasteiger partial charge in [0.2, 0.25) is 0 Å². The first-order chi connectivity index (χ1) is 12.5. The van der Waals surface area contributed by atoms with Crippen molar-refractivity contribution in [1.82, 2.24) is 10.3 Å². The summed E-state index contributed by atoms with van der Waals surface area (Å²) in [6.07, 6.45) is 1.45. The first kappa shape index (κ1) is 17.5. The second-order valence-electron chi connectivity index (χ2n) is 5.85. The summed E-state index contributed by atoms with van der Waals surface area (Å²) in [5, 5.41) is 5.60. The number of anilines is 2. The number of aromatic nitrogens is 1. The van der Waals surface area contributed by atoms with Crippen LogP contribution in [0, 0.1) is 18.6 Å². The van der Waals surface area contributed by atoms with Crippen molar-refractivity contribution in [1.29, 1.82) is 0 Å². The second kappa shape index (κ2) is 7.74. The van der Waals surface area contributed by atoms with Crippen LogP contribution in [0.1, 0.15) is 21.6 Å². The van der Waals surface area contributed by atoms with Gasteiger partial charge in [0.25, 0.3) is 5.91 Å². The average molecular weight is 353 g/mol. The van der Waals surface area contributed by atoms with E-state index in [0.29, 0.717) is 12.2 Å². The van der Waals surface area contributed by atoms with Gasteiger partial charge in [-0.2, -0.15) is 0 Å². The highest BCUT2D eigenvalue weighted by molar-refractivity contribution is 5.93. The molecule has 0 saturated carbocycles. The lowest BCUT2D eigenvalue weighted by molar-refractivity contribution is 0.0946. The molecule has 1 amide bonds. The lowest BCUT2D eigenvalue weighted by Gasteiger charge is -2.09. The van der Waals surface area contributed by atoms with E-state index in [0.717, 1.165) is 23.3 Å². The van der Waals surface area contributed by atoms with Crippen LogP contribution in [0.3, 0.4) is 0 Å². The summed E-state index contributed by atoms with van der Waals surface area (Å²) in [6.45, 7) is 2.37. The van der Waals surface area contributed by atoms with E-state index in [-0.39, 0.29) is 17.3 Å². The number of nitrogens with zero attached hydrogens (tertiary/aromatic N) is 1. The molecule has 2 N–H and O–H groups in total. The highest BCUT2D eigenvalue weighted by atomic mass is 19.1. The van der Waals surface area contributed by atoms with Crippen LogP contribution in [0.15, 0.2) is 60.8 Å². The number of pyridine rings is 1. The fourth-order valence-corrected chi connectivity index (χ4v) is 2.36. The lowest BCUT2D eigenvalue weighted by Crippen LogP contribution is -2.23. The van der Waals surface area contributed by atoms with Gasteiger partial charge in [-0.15, -0.1) is 0 Å². The predicted molar refractivity (Wildman–Crippen MR) is 96.2 cm³/mol. The molecule has 0 bridgehead atoms. The minimum atomic E-state index is -0.716. The topological polar surface area (TPSA) is 54.0 Å². The zero-order valence-corrected chi connectivity index (χ0v) is 14.1. The Balaban J connectivity index is 1.68. The molecule has 0 aliphatic rings. The summed E-state index contributed by atoms with van der Waals surface area (Å²) < 4.78 is 26.7. The van der Waals surface area contributed by atoms with Crippen LogP contribution >= 0.6 is 0 Å². The Bertz CT molecular complexity index is 927. The average Bonchev–Trinajstić information content (AvgIpc) is 2.63. The molecule has 3 rings (SSSR count). The molecule has 0 saturated heterocycles. The maximum absolute atomic E-state index is 13.7. The SMILES string of the molecule is Cc1ccc(CNC(=O)c2cc(Nc3ccc(F)cc3F)ccn2)cc1. The minimum Gasteiger partial charge on any atom is -0.353 e. The van der Waals surface area contributed by atoms with Gasteiger partial charge in [-0.1, -0.05) is 29.8 Å². The van der Waals surface area contributed by atoms with Crippen LogP contribution < -0.4 is 10.6 Å². The Hall–Kier alpha value is -3.28. The summed E-state index contributed by atoms with van der Waals surface area (Å²) >= 11 is 0. The molecule has 4 nitrogen and oxygen atoms in total. The Morgan fingerprint density at radius 3 is 2.54 bits per heavy atom. The molecular weight excluding hydrogens is 336 g/mol. The number of carbonyl (C=O) groups excluding carboxylic acids is 1. The van der Waals surface area contributed by atoms with Crippen LogP contribution in [-0.4, -0.2) is 10.9 Å². The van der Waals surface area contributed by atoms with E-state index in [2.05, 4.69) is 15.6 Å². The third kappa shape index (κ3) is 4.42.